The highest BCUT2D eigenvalue weighted by Gasteiger charge is 2.23. The average molecular weight is 316 g/mol. The monoisotopic (exact) mass is 316 g/mol. The lowest BCUT2D eigenvalue weighted by Crippen LogP contribution is -2.42. The largest absolute Gasteiger partial charge is 0.339 e. The highest BCUT2D eigenvalue weighted by molar-refractivity contribution is 5.68. The van der Waals surface area contributed by atoms with Gasteiger partial charge in [-0.25, -0.2) is 9.78 Å². The zero-order valence-electron chi connectivity index (χ0n) is 13.5. The van der Waals surface area contributed by atoms with Crippen LogP contribution in [0.2, 0.25) is 0 Å². The Bertz CT molecular complexity index is 804. The Morgan fingerprint density at radius 2 is 1.52 bits per heavy atom. The maximum absolute atomic E-state index is 12.9. The molecule has 2 aliphatic carbocycles. The van der Waals surface area contributed by atoms with E-state index in [2.05, 4.69) is 9.97 Å². The average Bonchev–Trinajstić information content (AvgIpc) is 3.30. The number of nitrogens with zero attached hydrogens (tertiary/aromatic N) is 3. The third-order valence-electron chi connectivity index (χ3n) is 5.63. The van der Waals surface area contributed by atoms with Gasteiger partial charge in [-0.1, -0.05) is 25.7 Å². The molecule has 2 aliphatic rings. The molecule has 23 heavy (non-hydrogen) atoms. The predicted molar refractivity (Wildman–Crippen MR) is 88.5 cm³/mol. The van der Waals surface area contributed by atoms with Crippen molar-refractivity contribution >= 4 is 11.2 Å². The van der Waals surface area contributed by atoms with Crippen LogP contribution < -0.4 is 11.2 Å². The number of hydrogen-bond acceptors (Lipinski definition) is 3. The molecular formula is C17H24N4O2. The normalized spacial score (nSPS) is 20.0. The fourth-order valence-electron chi connectivity index (χ4n) is 4.34. The first kappa shape index (κ1) is 14.7. The van der Waals surface area contributed by atoms with Gasteiger partial charge in [0.25, 0.3) is 5.56 Å². The Labute approximate surface area is 134 Å². The van der Waals surface area contributed by atoms with Crippen LogP contribution in [0.15, 0.2) is 15.9 Å². The summed E-state index contributed by atoms with van der Waals surface area (Å²) in [6, 6.07) is 0. The van der Waals surface area contributed by atoms with E-state index in [0.717, 1.165) is 12.8 Å². The zero-order chi connectivity index (χ0) is 15.8. The van der Waals surface area contributed by atoms with Crippen LogP contribution in [-0.4, -0.2) is 19.1 Å². The van der Waals surface area contributed by atoms with Gasteiger partial charge >= 0.3 is 5.69 Å². The van der Waals surface area contributed by atoms with Crippen molar-refractivity contribution in [2.24, 2.45) is 11.8 Å². The SMILES string of the molecule is O=c1c2[nH]cnc2n(CC2CCCC2)c(=O)n1CC1CCCC1. The fraction of sp³-hybridized carbons (Fsp3) is 0.706. The lowest BCUT2D eigenvalue weighted by Gasteiger charge is -2.16. The first-order chi connectivity index (χ1) is 11.2. The summed E-state index contributed by atoms with van der Waals surface area (Å²) in [5, 5.41) is 0. The van der Waals surface area contributed by atoms with Gasteiger partial charge in [-0.15, -0.1) is 0 Å². The summed E-state index contributed by atoms with van der Waals surface area (Å²) in [6.07, 6.45) is 11.0. The van der Waals surface area contributed by atoms with Gasteiger partial charge in [0.2, 0.25) is 0 Å². The number of fused-ring (bicyclic) bond motifs is 1. The summed E-state index contributed by atoms with van der Waals surface area (Å²) in [6.45, 7) is 1.24. The van der Waals surface area contributed by atoms with E-state index in [9.17, 15) is 9.59 Å². The predicted octanol–water partition coefficient (Wildman–Crippen LogP) is 2.27. The highest BCUT2D eigenvalue weighted by Crippen LogP contribution is 2.27. The second-order valence-corrected chi connectivity index (χ2v) is 7.21. The van der Waals surface area contributed by atoms with Gasteiger partial charge in [0.15, 0.2) is 5.65 Å². The molecule has 2 aromatic heterocycles. The van der Waals surface area contributed by atoms with E-state index in [1.165, 1.54) is 49.4 Å². The Kier molecular flexibility index (Phi) is 3.83. The molecule has 0 aliphatic heterocycles. The third kappa shape index (κ3) is 2.64. The number of nitrogens with one attached hydrogen (secondary N) is 1. The van der Waals surface area contributed by atoms with Gasteiger partial charge in [-0.2, -0.15) is 0 Å². The molecular weight excluding hydrogens is 292 g/mol. The molecule has 6 nitrogen and oxygen atoms in total. The first-order valence-electron chi connectivity index (χ1n) is 8.91. The molecule has 0 spiro atoms. The smallest absolute Gasteiger partial charge is 0.332 e. The molecule has 0 amide bonds. The highest BCUT2D eigenvalue weighted by atomic mass is 16.2. The van der Waals surface area contributed by atoms with Crippen LogP contribution in [0.1, 0.15) is 51.4 Å². The molecule has 2 fully saturated rings. The Hall–Kier alpha value is -1.85. The van der Waals surface area contributed by atoms with E-state index in [-0.39, 0.29) is 11.2 Å². The Balaban J connectivity index is 1.78. The molecule has 0 unspecified atom stereocenters. The van der Waals surface area contributed by atoms with Crippen molar-refractivity contribution in [3.63, 3.8) is 0 Å². The Morgan fingerprint density at radius 3 is 2.13 bits per heavy atom. The summed E-state index contributed by atoms with van der Waals surface area (Å²) in [7, 11) is 0. The number of hydrogen-bond donors (Lipinski definition) is 1. The van der Waals surface area contributed by atoms with Gasteiger partial charge in [-0.3, -0.25) is 13.9 Å². The van der Waals surface area contributed by atoms with E-state index >= 15 is 0 Å². The van der Waals surface area contributed by atoms with Crippen molar-refractivity contribution in [1.82, 2.24) is 19.1 Å². The van der Waals surface area contributed by atoms with Crippen LogP contribution in [0, 0.1) is 11.8 Å². The fourth-order valence-corrected chi connectivity index (χ4v) is 4.34. The molecule has 0 bridgehead atoms. The standard InChI is InChI=1S/C17H24N4O2/c22-16-14-15(19-11-18-14)20(9-12-5-1-2-6-12)17(23)21(16)10-13-7-3-4-8-13/h11-13H,1-10H2,(H,18,19). The van der Waals surface area contributed by atoms with Crippen LogP contribution in [-0.2, 0) is 13.1 Å². The quantitative estimate of drug-likeness (QED) is 0.940. The molecule has 0 aromatic carbocycles. The van der Waals surface area contributed by atoms with Crippen molar-refractivity contribution in [3.8, 4) is 0 Å². The molecule has 0 saturated heterocycles. The molecule has 2 heterocycles. The molecule has 2 saturated carbocycles. The van der Waals surface area contributed by atoms with Crippen molar-refractivity contribution in [3.05, 3.63) is 27.2 Å². The Morgan fingerprint density at radius 1 is 0.957 bits per heavy atom. The summed E-state index contributed by atoms with van der Waals surface area (Å²) >= 11 is 0. The molecule has 1 N–H and O–H groups in total. The summed E-state index contributed by atoms with van der Waals surface area (Å²) in [4.78, 5) is 32.8. The van der Waals surface area contributed by atoms with Crippen molar-refractivity contribution < 1.29 is 0 Å². The molecule has 4 rings (SSSR count). The minimum Gasteiger partial charge on any atom is -0.339 e. The van der Waals surface area contributed by atoms with Crippen molar-refractivity contribution in [1.29, 1.82) is 0 Å². The van der Waals surface area contributed by atoms with Crippen molar-refractivity contribution in [2.75, 3.05) is 0 Å². The van der Waals surface area contributed by atoms with E-state index in [1.807, 2.05) is 0 Å². The van der Waals surface area contributed by atoms with Crippen molar-refractivity contribution in [2.45, 2.75) is 64.5 Å². The van der Waals surface area contributed by atoms with E-state index in [4.69, 9.17) is 0 Å². The van der Waals surface area contributed by atoms with E-state index < -0.39 is 0 Å². The summed E-state index contributed by atoms with van der Waals surface area (Å²) < 4.78 is 3.18. The molecule has 0 atom stereocenters. The summed E-state index contributed by atoms with van der Waals surface area (Å²) in [5.41, 5.74) is 0.612. The number of imidazole rings is 1. The number of rotatable bonds is 4. The number of aromatic amines is 1. The third-order valence-corrected chi connectivity index (χ3v) is 5.63. The maximum Gasteiger partial charge on any atom is 0.332 e. The molecule has 124 valence electrons. The minimum absolute atomic E-state index is 0.173. The van der Waals surface area contributed by atoms with E-state index in [1.54, 1.807) is 4.57 Å². The van der Waals surface area contributed by atoms with Crippen LogP contribution in [0.25, 0.3) is 11.2 Å². The topological polar surface area (TPSA) is 72.7 Å². The zero-order valence-corrected chi connectivity index (χ0v) is 13.5. The lowest BCUT2D eigenvalue weighted by atomic mass is 10.1. The van der Waals surface area contributed by atoms with Crippen LogP contribution in [0.4, 0.5) is 0 Å². The van der Waals surface area contributed by atoms with Crippen LogP contribution >= 0.6 is 0 Å². The van der Waals surface area contributed by atoms with Gasteiger partial charge < -0.3 is 4.98 Å². The lowest BCUT2D eigenvalue weighted by molar-refractivity contribution is 0.403. The van der Waals surface area contributed by atoms with E-state index in [0.29, 0.717) is 36.1 Å². The van der Waals surface area contributed by atoms with Gasteiger partial charge in [0.1, 0.15) is 5.52 Å². The van der Waals surface area contributed by atoms with Gasteiger partial charge in [0, 0.05) is 13.1 Å². The molecule has 2 aromatic rings. The minimum atomic E-state index is -0.211. The van der Waals surface area contributed by atoms with Gasteiger partial charge in [0.05, 0.1) is 6.33 Å². The first-order valence-corrected chi connectivity index (χ1v) is 8.91. The second-order valence-electron chi connectivity index (χ2n) is 7.21. The number of H-pyrrole nitrogens is 1. The number of aromatic nitrogens is 4. The van der Waals surface area contributed by atoms with Gasteiger partial charge in [-0.05, 0) is 37.5 Å². The van der Waals surface area contributed by atoms with Crippen LogP contribution in [0.5, 0.6) is 0 Å². The second kappa shape index (κ2) is 5.98. The van der Waals surface area contributed by atoms with Crippen LogP contribution in [0.3, 0.4) is 0 Å². The molecule has 6 heteroatoms. The summed E-state index contributed by atoms with van der Waals surface area (Å²) in [5.74, 6) is 0.991. The maximum atomic E-state index is 12.9. The molecule has 0 radical (unpaired) electrons.